The summed E-state index contributed by atoms with van der Waals surface area (Å²) in [5.74, 6) is 0.304. The van der Waals surface area contributed by atoms with E-state index >= 15 is 0 Å². The van der Waals surface area contributed by atoms with E-state index in [-0.39, 0.29) is 24.1 Å². The maximum Gasteiger partial charge on any atom is 0.357 e. The number of hydrogen-bond donors (Lipinski definition) is 0. The second-order valence-electron chi connectivity index (χ2n) is 5.08. The van der Waals surface area contributed by atoms with Gasteiger partial charge < -0.3 is 14.4 Å². The lowest BCUT2D eigenvalue weighted by Gasteiger charge is -2.33. The molecule has 0 N–H and O–H groups in total. The van der Waals surface area contributed by atoms with Crippen LogP contribution < -0.4 is 4.90 Å². The van der Waals surface area contributed by atoms with Gasteiger partial charge in [-0.3, -0.25) is 0 Å². The number of morpholine rings is 1. The number of carbonyl (C=O) groups is 1. The SMILES string of the molecule is O=C1OCc2c1nc(Cl)nc2N1CC2CCC(C1)O2. The molecule has 6 nitrogen and oxygen atoms in total. The number of cyclic esters (lactones) is 1. The molecule has 19 heavy (non-hydrogen) atoms. The van der Waals surface area contributed by atoms with E-state index in [9.17, 15) is 4.79 Å². The number of aromatic nitrogens is 2. The minimum atomic E-state index is -0.420. The maximum absolute atomic E-state index is 11.6. The van der Waals surface area contributed by atoms with E-state index in [1.807, 2.05) is 0 Å². The summed E-state index contributed by atoms with van der Waals surface area (Å²) in [4.78, 5) is 22.0. The first kappa shape index (κ1) is 11.4. The predicted octanol–water partition coefficient (Wildman–Crippen LogP) is 1.17. The Morgan fingerprint density at radius 1 is 1.21 bits per heavy atom. The van der Waals surface area contributed by atoms with Crippen molar-refractivity contribution in [3.05, 3.63) is 16.5 Å². The van der Waals surface area contributed by atoms with Crippen molar-refractivity contribution in [2.45, 2.75) is 31.7 Å². The molecule has 2 fully saturated rings. The van der Waals surface area contributed by atoms with Crippen LogP contribution in [0.4, 0.5) is 5.82 Å². The maximum atomic E-state index is 11.6. The highest BCUT2D eigenvalue weighted by atomic mass is 35.5. The average molecular weight is 282 g/mol. The molecule has 1 aromatic rings. The lowest BCUT2D eigenvalue weighted by Crippen LogP contribution is -2.43. The molecular formula is C12H12ClN3O3. The Balaban J connectivity index is 1.75. The first-order valence-electron chi connectivity index (χ1n) is 6.34. The molecule has 100 valence electrons. The molecular weight excluding hydrogens is 270 g/mol. The number of nitrogens with zero attached hydrogens (tertiary/aromatic N) is 3. The summed E-state index contributed by atoms with van der Waals surface area (Å²) in [6.07, 6.45) is 2.66. The summed E-state index contributed by atoms with van der Waals surface area (Å²) < 4.78 is 10.8. The molecule has 0 aliphatic carbocycles. The van der Waals surface area contributed by atoms with Gasteiger partial charge in [0.05, 0.1) is 17.8 Å². The third kappa shape index (κ3) is 1.78. The van der Waals surface area contributed by atoms with Crippen molar-refractivity contribution in [1.82, 2.24) is 9.97 Å². The highest BCUT2D eigenvalue weighted by Gasteiger charge is 2.37. The van der Waals surface area contributed by atoms with Crippen LogP contribution in [0.5, 0.6) is 0 Å². The standard InChI is InChI=1S/C12H12ClN3O3/c13-12-14-9-8(5-18-11(9)17)10(15-12)16-3-6-1-2-7(4-16)19-6/h6-7H,1-5H2. The van der Waals surface area contributed by atoms with E-state index in [4.69, 9.17) is 21.1 Å². The summed E-state index contributed by atoms with van der Waals surface area (Å²) in [5.41, 5.74) is 1.05. The molecule has 2 saturated heterocycles. The summed E-state index contributed by atoms with van der Waals surface area (Å²) in [6.45, 7) is 1.79. The van der Waals surface area contributed by atoms with E-state index < -0.39 is 5.97 Å². The molecule has 0 radical (unpaired) electrons. The number of esters is 1. The summed E-state index contributed by atoms with van der Waals surface area (Å²) in [5, 5.41) is 0.0893. The van der Waals surface area contributed by atoms with E-state index in [1.54, 1.807) is 0 Å². The van der Waals surface area contributed by atoms with E-state index in [1.165, 1.54) is 0 Å². The van der Waals surface area contributed by atoms with Gasteiger partial charge in [0.15, 0.2) is 5.69 Å². The van der Waals surface area contributed by atoms with E-state index in [2.05, 4.69) is 14.9 Å². The van der Waals surface area contributed by atoms with Crippen molar-refractivity contribution in [2.75, 3.05) is 18.0 Å². The Labute approximate surface area is 114 Å². The molecule has 0 aromatic carbocycles. The second kappa shape index (κ2) is 4.05. The van der Waals surface area contributed by atoms with Crippen LogP contribution in [0.15, 0.2) is 0 Å². The number of anilines is 1. The zero-order valence-corrected chi connectivity index (χ0v) is 10.9. The molecule has 2 bridgehead atoms. The van der Waals surface area contributed by atoms with Crippen LogP contribution >= 0.6 is 11.6 Å². The molecule has 4 heterocycles. The van der Waals surface area contributed by atoms with Crippen LogP contribution in [0.2, 0.25) is 5.28 Å². The first-order valence-corrected chi connectivity index (χ1v) is 6.72. The van der Waals surface area contributed by atoms with Crippen molar-refractivity contribution in [3.63, 3.8) is 0 Å². The normalized spacial score (nSPS) is 28.5. The van der Waals surface area contributed by atoms with Crippen LogP contribution in [0.1, 0.15) is 28.9 Å². The third-order valence-corrected chi connectivity index (χ3v) is 4.01. The summed E-state index contributed by atoms with van der Waals surface area (Å²) >= 11 is 5.91. The zero-order chi connectivity index (χ0) is 13.0. The molecule has 2 unspecified atom stereocenters. The minimum absolute atomic E-state index is 0.0893. The van der Waals surface area contributed by atoms with Crippen molar-refractivity contribution in [3.8, 4) is 0 Å². The molecule has 0 spiro atoms. The topological polar surface area (TPSA) is 64.5 Å². The Morgan fingerprint density at radius 3 is 2.68 bits per heavy atom. The Morgan fingerprint density at radius 2 is 1.95 bits per heavy atom. The molecule has 0 saturated carbocycles. The van der Waals surface area contributed by atoms with Gasteiger partial charge in [0.2, 0.25) is 5.28 Å². The molecule has 3 aliphatic rings. The predicted molar refractivity (Wildman–Crippen MR) is 66.3 cm³/mol. The van der Waals surface area contributed by atoms with Crippen molar-refractivity contribution < 1.29 is 14.3 Å². The summed E-state index contributed by atoms with van der Waals surface area (Å²) in [6, 6.07) is 0. The van der Waals surface area contributed by atoms with Crippen molar-refractivity contribution in [1.29, 1.82) is 0 Å². The number of ether oxygens (including phenoxy) is 2. The van der Waals surface area contributed by atoms with Gasteiger partial charge in [-0.25, -0.2) is 14.8 Å². The van der Waals surface area contributed by atoms with Gasteiger partial charge in [-0.1, -0.05) is 0 Å². The van der Waals surface area contributed by atoms with Crippen molar-refractivity contribution in [2.24, 2.45) is 0 Å². The molecule has 7 heteroatoms. The minimum Gasteiger partial charge on any atom is -0.456 e. The molecule has 0 amide bonds. The van der Waals surface area contributed by atoms with E-state index in [0.29, 0.717) is 5.69 Å². The highest BCUT2D eigenvalue weighted by Crippen LogP contribution is 2.33. The second-order valence-corrected chi connectivity index (χ2v) is 5.42. The van der Waals surface area contributed by atoms with Gasteiger partial charge in [-0.05, 0) is 24.4 Å². The molecule has 4 rings (SSSR count). The number of halogens is 1. The highest BCUT2D eigenvalue weighted by molar-refractivity contribution is 6.28. The fraction of sp³-hybridized carbons (Fsp3) is 0.583. The Kier molecular flexibility index (Phi) is 2.43. The molecule has 1 aromatic heterocycles. The van der Waals surface area contributed by atoms with Crippen LogP contribution in [0, 0.1) is 0 Å². The van der Waals surface area contributed by atoms with Gasteiger partial charge in [-0.15, -0.1) is 0 Å². The van der Waals surface area contributed by atoms with Crippen LogP contribution in [0.3, 0.4) is 0 Å². The van der Waals surface area contributed by atoms with Crippen LogP contribution in [0.25, 0.3) is 0 Å². The van der Waals surface area contributed by atoms with Crippen molar-refractivity contribution >= 4 is 23.4 Å². The van der Waals surface area contributed by atoms with Gasteiger partial charge in [0.1, 0.15) is 12.4 Å². The quantitative estimate of drug-likeness (QED) is 0.569. The first-order chi connectivity index (χ1) is 9.20. The number of rotatable bonds is 1. The van der Waals surface area contributed by atoms with Gasteiger partial charge in [0, 0.05) is 13.1 Å². The lowest BCUT2D eigenvalue weighted by atomic mass is 10.2. The van der Waals surface area contributed by atoms with E-state index in [0.717, 1.165) is 37.3 Å². The number of hydrogen-bond acceptors (Lipinski definition) is 6. The zero-order valence-electron chi connectivity index (χ0n) is 10.1. The van der Waals surface area contributed by atoms with Crippen LogP contribution in [-0.4, -0.2) is 41.2 Å². The molecule has 2 atom stereocenters. The van der Waals surface area contributed by atoms with Gasteiger partial charge in [-0.2, -0.15) is 0 Å². The fourth-order valence-electron chi connectivity index (χ4n) is 3.00. The smallest absolute Gasteiger partial charge is 0.357 e. The van der Waals surface area contributed by atoms with Crippen LogP contribution in [-0.2, 0) is 16.1 Å². The Bertz CT molecular complexity index is 553. The van der Waals surface area contributed by atoms with Gasteiger partial charge >= 0.3 is 5.97 Å². The number of carbonyl (C=O) groups excluding carboxylic acids is 1. The monoisotopic (exact) mass is 281 g/mol. The lowest BCUT2D eigenvalue weighted by molar-refractivity contribution is 0.0300. The Hall–Kier alpha value is -1.40. The largest absolute Gasteiger partial charge is 0.456 e. The van der Waals surface area contributed by atoms with Gasteiger partial charge in [0.25, 0.3) is 0 Å². The number of fused-ring (bicyclic) bond motifs is 3. The molecule has 3 aliphatic heterocycles. The average Bonchev–Trinajstić information content (AvgIpc) is 2.92. The fourth-order valence-corrected chi connectivity index (χ4v) is 3.17. The summed E-state index contributed by atoms with van der Waals surface area (Å²) in [7, 11) is 0. The third-order valence-electron chi connectivity index (χ3n) is 3.84.